The van der Waals surface area contributed by atoms with Crippen molar-refractivity contribution in [2.75, 3.05) is 0 Å². The van der Waals surface area contributed by atoms with Gasteiger partial charge in [0.15, 0.2) is 0 Å². The molecule has 0 fully saturated rings. The van der Waals surface area contributed by atoms with Gasteiger partial charge in [-0.25, -0.2) is 0 Å². The summed E-state index contributed by atoms with van der Waals surface area (Å²) in [5.41, 5.74) is 5.20. The first-order valence-corrected chi connectivity index (χ1v) is 7.44. The van der Waals surface area contributed by atoms with Crippen molar-refractivity contribution >= 4 is 52.6 Å². The standard InChI is InChI=1S/C7H5BrF5N2SSe/c8-5-3-4(16(9,10,11,12)13)1-2-6(5)15-7(14)17/h1-3H,(H2,14,15). The molecule has 2 nitrogen and oxygen atoms in total. The number of nitrogens with zero attached hydrogens (tertiary/aromatic N) is 1. The summed E-state index contributed by atoms with van der Waals surface area (Å²) in [5.74, 6) is 0. The van der Waals surface area contributed by atoms with E-state index in [0.29, 0.717) is 0 Å². The van der Waals surface area contributed by atoms with Crippen LogP contribution in [0.3, 0.4) is 0 Å². The topological polar surface area (TPSA) is 38.4 Å². The van der Waals surface area contributed by atoms with Crippen LogP contribution in [0.15, 0.2) is 32.6 Å². The zero-order valence-electron chi connectivity index (χ0n) is 7.84. The van der Waals surface area contributed by atoms with E-state index in [1.165, 1.54) is 0 Å². The van der Waals surface area contributed by atoms with Gasteiger partial charge < -0.3 is 0 Å². The number of amidine groups is 1. The van der Waals surface area contributed by atoms with Crippen molar-refractivity contribution in [1.29, 1.82) is 0 Å². The fourth-order valence-electron chi connectivity index (χ4n) is 0.937. The number of hydrogen-bond acceptors (Lipinski definition) is 1. The molecule has 0 atom stereocenters. The Morgan fingerprint density at radius 2 is 1.76 bits per heavy atom. The second kappa shape index (κ2) is 3.59. The van der Waals surface area contributed by atoms with E-state index in [1.807, 2.05) is 0 Å². The zero-order valence-corrected chi connectivity index (χ0v) is 12.0. The fraction of sp³-hybridized carbons (Fsp3) is 0. The van der Waals surface area contributed by atoms with Crippen LogP contribution in [0.25, 0.3) is 0 Å². The Balaban J connectivity index is 3.39. The van der Waals surface area contributed by atoms with Crippen molar-refractivity contribution in [2.45, 2.75) is 4.90 Å². The molecule has 0 aliphatic heterocycles. The molecule has 97 valence electrons. The first-order valence-electron chi connectivity index (χ1n) is 3.84. The van der Waals surface area contributed by atoms with Crippen LogP contribution >= 0.6 is 26.2 Å². The van der Waals surface area contributed by atoms with Crippen LogP contribution in [0.2, 0.25) is 0 Å². The second-order valence-electron chi connectivity index (χ2n) is 3.03. The Hall–Kier alpha value is -0.311. The van der Waals surface area contributed by atoms with Crippen LogP contribution in [0, 0.1) is 0 Å². The van der Waals surface area contributed by atoms with Crippen LogP contribution < -0.4 is 5.73 Å². The molecule has 17 heavy (non-hydrogen) atoms. The van der Waals surface area contributed by atoms with Gasteiger partial charge in [0, 0.05) is 0 Å². The Morgan fingerprint density at radius 3 is 2.12 bits per heavy atom. The Morgan fingerprint density at radius 1 is 1.24 bits per heavy atom. The minimum atomic E-state index is -9.65. The average Bonchev–Trinajstić information content (AvgIpc) is 2.03. The summed E-state index contributed by atoms with van der Waals surface area (Å²) in [6.45, 7) is 0. The molecule has 2 N–H and O–H groups in total. The fourth-order valence-corrected chi connectivity index (χ4v) is 2.43. The van der Waals surface area contributed by atoms with Gasteiger partial charge in [-0.2, -0.15) is 0 Å². The molecule has 1 rings (SSSR count). The van der Waals surface area contributed by atoms with Gasteiger partial charge in [0.1, 0.15) is 0 Å². The molecule has 0 aliphatic rings. The minimum absolute atomic E-state index is 0.0202. The number of benzene rings is 1. The predicted molar refractivity (Wildman–Crippen MR) is 62.6 cm³/mol. The molecular weight excluding hydrogens is 398 g/mol. The summed E-state index contributed by atoms with van der Waals surface area (Å²) >= 11 is 5.04. The summed E-state index contributed by atoms with van der Waals surface area (Å²) in [6, 6.07) is 1.36. The van der Waals surface area contributed by atoms with E-state index in [-0.39, 0.29) is 27.0 Å². The molecule has 0 aromatic heterocycles. The number of hydrogen-bond donors (Lipinski definition) is 1. The van der Waals surface area contributed by atoms with E-state index in [0.717, 1.165) is 6.07 Å². The maximum atomic E-state index is 12.4. The summed E-state index contributed by atoms with van der Waals surface area (Å²) < 4.78 is 61.9. The molecule has 0 amide bonds. The van der Waals surface area contributed by atoms with Gasteiger partial charge in [-0.1, -0.05) is 0 Å². The van der Waals surface area contributed by atoms with Gasteiger partial charge in [0.2, 0.25) is 0 Å². The van der Waals surface area contributed by atoms with Crippen molar-refractivity contribution in [3.8, 4) is 0 Å². The summed E-state index contributed by atoms with van der Waals surface area (Å²) in [7, 11) is -9.65. The van der Waals surface area contributed by atoms with E-state index >= 15 is 0 Å². The third kappa shape index (κ3) is 4.13. The quantitative estimate of drug-likeness (QED) is 0.342. The summed E-state index contributed by atoms with van der Waals surface area (Å²) in [6.07, 6.45) is 0. The molecular formula is C7H5BrF5N2SSe. The van der Waals surface area contributed by atoms with Gasteiger partial charge in [-0.15, -0.1) is 0 Å². The first kappa shape index (κ1) is 14.7. The third-order valence-electron chi connectivity index (χ3n) is 1.60. The van der Waals surface area contributed by atoms with E-state index in [9.17, 15) is 19.4 Å². The molecule has 1 aromatic carbocycles. The van der Waals surface area contributed by atoms with Crippen LogP contribution in [0.5, 0.6) is 0 Å². The van der Waals surface area contributed by atoms with Crippen LogP contribution in [0.4, 0.5) is 25.1 Å². The molecule has 0 saturated heterocycles. The number of nitrogens with two attached hydrogens (primary N) is 1. The molecule has 10 heteroatoms. The Bertz CT molecular complexity index is 496. The molecule has 0 heterocycles. The van der Waals surface area contributed by atoms with Crippen LogP contribution in [-0.2, 0) is 0 Å². The van der Waals surface area contributed by atoms with Gasteiger partial charge in [-0.05, 0) is 0 Å². The van der Waals surface area contributed by atoms with Crippen molar-refractivity contribution < 1.29 is 19.4 Å². The van der Waals surface area contributed by atoms with Crippen molar-refractivity contribution in [2.24, 2.45) is 10.7 Å². The molecule has 0 spiro atoms. The number of rotatable bonds is 2. The molecule has 0 aliphatic carbocycles. The predicted octanol–water partition coefficient (Wildman–Crippen LogP) is 4.22. The number of aliphatic imine (C=N–C) groups is 1. The van der Waals surface area contributed by atoms with Crippen molar-refractivity contribution in [1.82, 2.24) is 0 Å². The van der Waals surface area contributed by atoms with Gasteiger partial charge in [0.05, 0.1) is 0 Å². The van der Waals surface area contributed by atoms with Crippen LogP contribution in [0.1, 0.15) is 0 Å². The van der Waals surface area contributed by atoms with Gasteiger partial charge in [0.25, 0.3) is 0 Å². The average molecular weight is 403 g/mol. The third-order valence-corrected chi connectivity index (χ3v) is 3.57. The number of halogens is 6. The molecule has 0 unspecified atom stereocenters. The molecule has 1 radical (unpaired) electrons. The van der Waals surface area contributed by atoms with Gasteiger partial charge in [-0.3, -0.25) is 0 Å². The summed E-state index contributed by atoms with van der Waals surface area (Å²) in [4.78, 5) is 1.64. The van der Waals surface area contributed by atoms with E-state index in [1.54, 1.807) is 0 Å². The normalized spacial score (nSPS) is 17.4. The first-order chi connectivity index (χ1) is 7.29. The van der Waals surface area contributed by atoms with Crippen molar-refractivity contribution in [3.05, 3.63) is 22.7 Å². The van der Waals surface area contributed by atoms with Crippen molar-refractivity contribution in [3.63, 3.8) is 0 Å². The van der Waals surface area contributed by atoms with Gasteiger partial charge >= 0.3 is 110 Å². The van der Waals surface area contributed by atoms with E-state index < -0.39 is 15.1 Å². The van der Waals surface area contributed by atoms with E-state index in [4.69, 9.17) is 5.73 Å². The van der Waals surface area contributed by atoms with E-state index in [2.05, 4.69) is 36.9 Å². The Labute approximate surface area is 110 Å². The maximum absolute atomic E-state index is 12.4. The van der Waals surface area contributed by atoms with Crippen LogP contribution in [-0.4, -0.2) is 20.7 Å². The zero-order chi connectivity index (χ0) is 13.5. The summed E-state index contributed by atoms with van der Waals surface area (Å²) in [5, 5.41) is 0. The Kier molecular flexibility index (Phi) is 3.12. The SMILES string of the molecule is NC([Se])=Nc1ccc(S(F)(F)(F)(F)F)cc1Br. The second-order valence-corrected chi connectivity index (χ2v) is 7.17. The molecule has 0 bridgehead atoms. The molecule has 1 aromatic rings. The monoisotopic (exact) mass is 403 g/mol. The molecule has 0 saturated carbocycles.